The highest BCUT2D eigenvalue weighted by molar-refractivity contribution is 5.92. The van der Waals surface area contributed by atoms with Crippen molar-refractivity contribution in [3.8, 4) is 5.75 Å². The van der Waals surface area contributed by atoms with Crippen LogP contribution in [0.25, 0.3) is 0 Å². The van der Waals surface area contributed by atoms with Gasteiger partial charge in [0.1, 0.15) is 5.75 Å². The predicted molar refractivity (Wildman–Crippen MR) is 104 cm³/mol. The van der Waals surface area contributed by atoms with Crippen molar-refractivity contribution in [2.24, 2.45) is 5.92 Å². The first kappa shape index (κ1) is 19.8. The van der Waals surface area contributed by atoms with Gasteiger partial charge in [-0.25, -0.2) is 0 Å². The zero-order chi connectivity index (χ0) is 17.9. The summed E-state index contributed by atoms with van der Waals surface area (Å²) in [6.07, 6.45) is 8.54. The van der Waals surface area contributed by atoms with Crippen molar-refractivity contribution in [2.75, 3.05) is 31.6 Å². The van der Waals surface area contributed by atoms with Crippen molar-refractivity contribution in [1.82, 2.24) is 4.90 Å². The summed E-state index contributed by atoms with van der Waals surface area (Å²) in [6, 6.07) is 7.73. The maximum absolute atomic E-state index is 12.2. The standard InChI is InChI=1S/C21H34N2O2/c1-3-4-5-6-7-15-25-20-10-8-9-19(16-20)22-21(24)17-23-13-11-18(2)12-14-23/h8-10,16,18H,3-7,11-15,17H2,1-2H3,(H,22,24). The minimum absolute atomic E-state index is 0.0614. The molecule has 4 heteroatoms. The van der Waals surface area contributed by atoms with Crippen molar-refractivity contribution in [3.63, 3.8) is 0 Å². The maximum atomic E-state index is 12.2. The van der Waals surface area contributed by atoms with Gasteiger partial charge in [-0.1, -0.05) is 45.6 Å². The molecular weight excluding hydrogens is 312 g/mol. The fraction of sp³-hybridized carbons (Fsp3) is 0.667. The third-order valence-electron chi connectivity index (χ3n) is 4.88. The molecule has 1 aromatic carbocycles. The number of benzene rings is 1. The molecule has 0 aliphatic carbocycles. The quantitative estimate of drug-likeness (QED) is 0.624. The van der Waals surface area contributed by atoms with Crippen LogP contribution < -0.4 is 10.1 Å². The van der Waals surface area contributed by atoms with E-state index < -0.39 is 0 Å². The Morgan fingerprint density at radius 1 is 1.20 bits per heavy atom. The van der Waals surface area contributed by atoms with Gasteiger partial charge in [0.05, 0.1) is 13.2 Å². The predicted octanol–water partition coefficient (Wildman–Crippen LogP) is 4.71. The molecule has 1 aliphatic rings. The van der Waals surface area contributed by atoms with Gasteiger partial charge in [-0.2, -0.15) is 0 Å². The van der Waals surface area contributed by atoms with Crippen LogP contribution in [0.4, 0.5) is 5.69 Å². The SMILES string of the molecule is CCCCCCCOc1cccc(NC(=O)CN2CCC(C)CC2)c1. The van der Waals surface area contributed by atoms with Crippen molar-refractivity contribution in [2.45, 2.75) is 58.8 Å². The van der Waals surface area contributed by atoms with E-state index in [0.717, 1.165) is 43.5 Å². The third-order valence-corrected chi connectivity index (χ3v) is 4.88. The summed E-state index contributed by atoms with van der Waals surface area (Å²) in [5.41, 5.74) is 0.818. The zero-order valence-electron chi connectivity index (χ0n) is 15.9. The first-order chi connectivity index (χ1) is 12.2. The number of ether oxygens (including phenoxy) is 1. The van der Waals surface area contributed by atoms with Crippen LogP contribution in [0.3, 0.4) is 0 Å². The van der Waals surface area contributed by atoms with Gasteiger partial charge in [0.25, 0.3) is 0 Å². The number of rotatable bonds is 10. The molecule has 0 saturated carbocycles. The average Bonchev–Trinajstić information content (AvgIpc) is 2.60. The van der Waals surface area contributed by atoms with E-state index in [0.29, 0.717) is 6.54 Å². The lowest BCUT2D eigenvalue weighted by atomic mass is 9.99. The van der Waals surface area contributed by atoms with Crippen LogP contribution in [0.2, 0.25) is 0 Å². The van der Waals surface area contributed by atoms with Crippen LogP contribution >= 0.6 is 0 Å². The van der Waals surface area contributed by atoms with Crippen molar-refractivity contribution < 1.29 is 9.53 Å². The topological polar surface area (TPSA) is 41.6 Å². The Morgan fingerprint density at radius 3 is 2.72 bits per heavy atom. The number of hydrogen-bond donors (Lipinski definition) is 1. The molecular formula is C21H34N2O2. The van der Waals surface area contributed by atoms with Crippen LogP contribution in [0, 0.1) is 5.92 Å². The summed E-state index contributed by atoms with van der Waals surface area (Å²) < 4.78 is 5.81. The van der Waals surface area contributed by atoms with Gasteiger partial charge in [0, 0.05) is 11.8 Å². The monoisotopic (exact) mass is 346 g/mol. The second-order valence-electron chi connectivity index (χ2n) is 7.30. The van der Waals surface area contributed by atoms with E-state index in [2.05, 4.69) is 24.1 Å². The summed E-state index contributed by atoms with van der Waals surface area (Å²) in [7, 11) is 0. The molecule has 0 atom stereocenters. The number of nitrogens with zero attached hydrogens (tertiary/aromatic N) is 1. The molecule has 1 heterocycles. The van der Waals surface area contributed by atoms with E-state index in [9.17, 15) is 4.79 Å². The Kier molecular flexibility index (Phi) is 8.81. The molecule has 0 radical (unpaired) electrons. The van der Waals surface area contributed by atoms with Gasteiger partial charge in [-0.05, 0) is 50.4 Å². The Morgan fingerprint density at radius 2 is 1.96 bits per heavy atom. The van der Waals surface area contributed by atoms with E-state index in [1.54, 1.807) is 0 Å². The molecule has 1 fully saturated rings. The molecule has 4 nitrogen and oxygen atoms in total. The Hall–Kier alpha value is -1.55. The van der Waals surface area contributed by atoms with Gasteiger partial charge < -0.3 is 10.1 Å². The molecule has 1 amide bonds. The second kappa shape index (κ2) is 11.1. The van der Waals surface area contributed by atoms with E-state index in [4.69, 9.17) is 4.74 Å². The molecule has 1 aliphatic heterocycles. The van der Waals surface area contributed by atoms with Crippen molar-refractivity contribution in [1.29, 1.82) is 0 Å². The Labute approximate surface area is 152 Å². The zero-order valence-corrected chi connectivity index (χ0v) is 15.9. The lowest BCUT2D eigenvalue weighted by molar-refractivity contribution is -0.117. The number of amides is 1. The van der Waals surface area contributed by atoms with Gasteiger partial charge in [-0.3, -0.25) is 9.69 Å². The van der Waals surface area contributed by atoms with Gasteiger partial charge in [0.2, 0.25) is 5.91 Å². The summed E-state index contributed by atoms with van der Waals surface area (Å²) in [6.45, 7) is 7.78. The minimum Gasteiger partial charge on any atom is -0.494 e. The Bertz CT molecular complexity index is 510. The van der Waals surface area contributed by atoms with E-state index in [1.165, 1.54) is 38.5 Å². The number of carbonyl (C=O) groups is 1. The van der Waals surface area contributed by atoms with E-state index >= 15 is 0 Å². The number of unbranched alkanes of at least 4 members (excludes halogenated alkanes) is 4. The van der Waals surface area contributed by atoms with Gasteiger partial charge in [-0.15, -0.1) is 0 Å². The fourth-order valence-corrected chi connectivity index (χ4v) is 3.18. The highest BCUT2D eigenvalue weighted by Crippen LogP contribution is 2.19. The Balaban J connectivity index is 1.70. The minimum atomic E-state index is 0.0614. The molecule has 0 unspecified atom stereocenters. The van der Waals surface area contributed by atoms with Gasteiger partial charge in [0.15, 0.2) is 0 Å². The highest BCUT2D eigenvalue weighted by Gasteiger charge is 2.17. The van der Waals surface area contributed by atoms with Crippen molar-refractivity contribution in [3.05, 3.63) is 24.3 Å². The highest BCUT2D eigenvalue weighted by atomic mass is 16.5. The fourth-order valence-electron chi connectivity index (χ4n) is 3.18. The molecule has 1 N–H and O–H groups in total. The van der Waals surface area contributed by atoms with Gasteiger partial charge >= 0.3 is 0 Å². The van der Waals surface area contributed by atoms with Crippen LogP contribution in [0.1, 0.15) is 58.8 Å². The lowest BCUT2D eigenvalue weighted by Gasteiger charge is -2.29. The molecule has 2 rings (SSSR count). The molecule has 0 aromatic heterocycles. The molecule has 1 saturated heterocycles. The maximum Gasteiger partial charge on any atom is 0.238 e. The second-order valence-corrected chi connectivity index (χ2v) is 7.30. The number of piperidine rings is 1. The average molecular weight is 347 g/mol. The molecule has 25 heavy (non-hydrogen) atoms. The van der Waals surface area contributed by atoms with Crippen molar-refractivity contribution >= 4 is 11.6 Å². The molecule has 0 bridgehead atoms. The lowest BCUT2D eigenvalue weighted by Crippen LogP contribution is -2.38. The van der Waals surface area contributed by atoms with Crippen LogP contribution in [-0.4, -0.2) is 37.0 Å². The first-order valence-electron chi connectivity index (χ1n) is 9.92. The normalized spacial score (nSPS) is 15.9. The summed E-state index contributed by atoms with van der Waals surface area (Å²) in [4.78, 5) is 14.5. The molecule has 0 spiro atoms. The summed E-state index contributed by atoms with van der Waals surface area (Å²) >= 11 is 0. The summed E-state index contributed by atoms with van der Waals surface area (Å²) in [5.74, 6) is 1.68. The smallest absolute Gasteiger partial charge is 0.238 e. The van der Waals surface area contributed by atoms with E-state index in [1.807, 2.05) is 24.3 Å². The number of anilines is 1. The van der Waals surface area contributed by atoms with Crippen LogP contribution in [0.15, 0.2) is 24.3 Å². The molecule has 140 valence electrons. The van der Waals surface area contributed by atoms with Crippen LogP contribution in [-0.2, 0) is 4.79 Å². The number of likely N-dealkylation sites (tertiary alicyclic amines) is 1. The largest absolute Gasteiger partial charge is 0.494 e. The third kappa shape index (κ3) is 7.91. The van der Waals surface area contributed by atoms with Crippen LogP contribution in [0.5, 0.6) is 5.75 Å². The number of nitrogens with one attached hydrogen (secondary N) is 1. The molecule has 1 aromatic rings. The first-order valence-corrected chi connectivity index (χ1v) is 9.92. The number of carbonyl (C=O) groups excluding carboxylic acids is 1. The van der Waals surface area contributed by atoms with E-state index in [-0.39, 0.29) is 5.91 Å². The summed E-state index contributed by atoms with van der Waals surface area (Å²) in [5, 5.41) is 3.00. The number of hydrogen-bond acceptors (Lipinski definition) is 3.